The van der Waals surface area contributed by atoms with Crippen molar-refractivity contribution < 1.29 is 4.79 Å². The van der Waals surface area contributed by atoms with Gasteiger partial charge in [0.15, 0.2) is 5.11 Å². The molecule has 0 bridgehead atoms. The molecule has 21 heavy (non-hydrogen) atoms. The van der Waals surface area contributed by atoms with Crippen molar-refractivity contribution >= 4 is 23.2 Å². The molecule has 1 heterocycles. The molecule has 116 valence electrons. The van der Waals surface area contributed by atoms with Crippen LogP contribution in [-0.2, 0) is 4.79 Å². The number of nitrogens with zero attached hydrogens (tertiary/aromatic N) is 3. The van der Waals surface area contributed by atoms with Gasteiger partial charge in [-0.05, 0) is 25.1 Å². The average molecular weight is 308 g/mol. The predicted octanol–water partition coefficient (Wildman–Crippen LogP) is 1.50. The van der Waals surface area contributed by atoms with E-state index in [-0.39, 0.29) is 11.8 Å². The number of nitrogens with one attached hydrogen (secondary N) is 1. The lowest BCUT2D eigenvalue weighted by molar-refractivity contribution is -0.124. The van der Waals surface area contributed by atoms with Gasteiger partial charge in [0.05, 0.1) is 6.07 Å². The molecular formula is C15H24N4OS. The van der Waals surface area contributed by atoms with Crippen molar-refractivity contribution in [2.75, 3.05) is 32.7 Å². The van der Waals surface area contributed by atoms with Crippen LogP contribution < -0.4 is 5.32 Å². The highest BCUT2D eigenvalue weighted by Crippen LogP contribution is 2.23. The van der Waals surface area contributed by atoms with Gasteiger partial charge in [-0.25, -0.2) is 0 Å². The van der Waals surface area contributed by atoms with E-state index in [2.05, 4.69) is 21.2 Å². The van der Waals surface area contributed by atoms with E-state index in [1.165, 1.54) is 6.42 Å². The lowest BCUT2D eigenvalue weighted by atomic mass is 9.89. The first-order valence-corrected chi connectivity index (χ1v) is 8.30. The summed E-state index contributed by atoms with van der Waals surface area (Å²) in [6.45, 7) is 4.29. The molecule has 5 nitrogen and oxygen atoms in total. The van der Waals surface area contributed by atoms with Crippen LogP contribution in [0.5, 0.6) is 0 Å². The van der Waals surface area contributed by atoms with E-state index >= 15 is 0 Å². The average Bonchev–Trinajstić information content (AvgIpc) is 2.54. The van der Waals surface area contributed by atoms with E-state index in [9.17, 15) is 4.79 Å². The van der Waals surface area contributed by atoms with Gasteiger partial charge in [-0.15, -0.1) is 0 Å². The SMILES string of the molecule is N#CCCN1CCN(C(=S)NC(=O)C2CCCCC2)CC1. The molecule has 0 unspecified atom stereocenters. The Hall–Kier alpha value is -1.19. The van der Waals surface area contributed by atoms with Gasteiger partial charge in [0.25, 0.3) is 0 Å². The first-order valence-electron chi connectivity index (χ1n) is 7.90. The number of hydrogen-bond donors (Lipinski definition) is 1. The molecule has 1 amide bonds. The van der Waals surface area contributed by atoms with Gasteiger partial charge < -0.3 is 10.2 Å². The maximum absolute atomic E-state index is 12.2. The number of hydrogen-bond acceptors (Lipinski definition) is 4. The van der Waals surface area contributed by atoms with Crippen molar-refractivity contribution in [1.29, 1.82) is 5.26 Å². The van der Waals surface area contributed by atoms with Crippen LogP contribution in [0.2, 0.25) is 0 Å². The Bertz CT molecular complexity index is 406. The second-order valence-corrected chi connectivity index (χ2v) is 6.25. The molecule has 1 aliphatic heterocycles. The number of rotatable bonds is 3. The zero-order valence-corrected chi connectivity index (χ0v) is 13.3. The number of piperazine rings is 1. The number of carbonyl (C=O) groups is 1. The van der Waals surface area contributed by atoms with Gasteiger partial charge in [-0.1, -0.05) is 19.3 Å². The Morgan fingerprint density at radius 1 is 1.19 bits per heavy atom. The maximum atomic E-state index is 12.2. The van der Waals surface area contributed by atoms with Crippen LogP contribution in [0.25, 0.3) is 0 Å². The minimum Gasteiger partial charge on any atom is -0.346 e. The Morgan fingerprint density at radius 2 is 1.86 bits per heavy atom. The summed E-state index contributed by atoms with van der Waals surface area (Å²) in [5.41, 5.74) is 0. The number of amides is 1. The van der Waals surface area contributed by atoms with Gasteiger partial charge >= 0.3 is 0 Å². The van der Waals surface area contributed by atoms with Gasteiger partial charge in [-0.3, -0.25) is 9.69 Å². The Balaban J connectivity index is 1.71. The van der Waals surface area contributed by atoms with Crippen molar-refractivity contribution in [3.8, 4) is 6.07 Å². The second-order valence-electron chi connectivity index (χ2n) is 5.87. The van der Waals surface area contributed by atoms with Gasteiger partial charge in [0, 0.05) is 45.1 Å². The van der Waals surface area contributed by atoms with Crippen molar-refractivity contribution in [1.82, 2.24) is 15.1 Å². The summed E-state index contributed by atoms with van der Waals surface area (Å²) in [7, 11) is 0. The Kier molecular flexibility index (Phi) is 6.40. The summed E-state index contributed by atoms with van der Waals surface area (Å²) >= 11 is 5.37. The molecule has 2 rings (SSSR count). The zero-order valence-electron chi connectivity index (χ0n) is 12.5. The van der Waals surface area contributed by atoms with E-state index in [4.69, 9.17) is 17.5 Å². The van der Waals surface area contributed by atoms with E-state index in [0.29, 0.717) is 11.5 Å². The van der Waals surface area contributed by atoms with Gasteiger partial charge in [-0.2, -0.15) is 5.26 Å². The van der Waals surface area contributed by atoms with Crippen molar-refractivity contribution in [2.45, 2.75) is 38.5 Å². The zero-order chi connectivity index (χ0) is 15.1. The van der Waals surface area contributed by atoms with Crippen LogP contribution in [-0.4, -0.2) is 53.5 Å². The molecule has 1 aliphatic carbocycles. The standard InChI is InChI=1S/C15H24N4OS/c16-7-4-8-18-9-11-19(12-10-18)15(21)17-14(20)13-5-2-1-3-6-13/h13H,1-6,8-12H2,(H,17,20,21). The smallest absolute Gasteiger partial charge is 0.229 e. The molecule has 0 aromatic heterocycles. The molecule has 0 spiro atoms. The summed E-state index contributed by atoms with van der Waals surface area (Å²) in [5, 5.41) is 12.1. The molecule has 1 N–H and O–H groups in total. The lowest BCUT2D eigenvalue weighted by Gasteiger charge is -2.36. The molecule has 1 saturated carbocycles. The largest absolute Gasteiger partial charge is 0.346 e. The summed E-state index contributed by atoms with van der Waals surface area (Å²) in [6.07, 6.45) is 6.12. The molecule has 0 atom stereocenters. The first kappa shape index (κ1) is 16.2. The van der Waals surface area contributed by atoms with Crippen LogP contribution in [0.1, 0.15) is 38.5 Å². The third-order valence-corrected chi connectivity index (χ3v) is 4.77. The van der Waals surface area contributed by atoms with Crippen molar-refractivity contribution in [3.05, 3.63) is 0 Å². The second kappa shape index (κ2) is 8.30. The number of carbonyl (C=O) groups excluding carboxylic acids is 1. The fourth-order valence-corrected chi connectivity index (χ4v) is 3.32. The van der Waals surface area contributed by atoms with Crippen LogP contribution in [0, 0.1) is 17.2 Å². The Morgan fingerprint density at radius 3 is 2.48 bits per heavy atom. The normalized spacial score (nSPS) is 20.8. The molecule has 0 radical (unpaired) electrons. The summed E-state index contributed by atoms with van der Waals surface area (Å²) in [6, 6.07) is 2.17. The van der Waals surface area contributed by atoms with Crippen LogP contribution in [0.15, 0.2) is 0 Å². The molecular weight excluding hydrogens is 284 g/mol. The maximum Gasteiger partial charge on any atom is 0.229 e. The molecule has 2 aliphatic rings. The van der Waals surface area contributed by atoms with Gasteiger partial charge in [0.1, 0.15) is 0 Å². The fourth-order valence-electron chi connectivity index (χ4n) is 3.03. The topological polar surface area (TPSA) is 59.4 Å². The molecule has 0 aromatic rings. The van der Waals surface area contributed by atoms with Gasteiger partial charge in [0.2, 0.25) is 5.91 Å². The number of nitriles is 1. The molecule has 2 fully saturated rings. The minimum absolute atomic E-state index is 0.103. The molecule has 6 heteroatoms. The highest BCUT2D eigenvalue weighted by Gasteiger charge is 2.24. The van der Waals surface area contributed by atoms with Crippen LogP contribution in [0.3, 0.4) is 0 Å². The van der Waals surface area contributed by atoms with E-state index in [1.54, 1.807) is 0 Å². The molecule has 0 aromatic carbocycles. The summed E-state index contributed by atoms with van der Waals surface area (Å²) in [4.78, 5) is 16.5. The van der Waals surface area contributed by atoms with E-state index in [1.807, 2.05) is 0 Å². The van der Waals surface area contributed by atoms with Crippen molar-refractivity contribution in [2.24, 2.45) is 5.92 Å². The third-order valence-electron chi connectivity index (χ3n) is 4.41. The summed E-state index contributed by atoms with van der Waals surface area (Å²) in [5.74, 6) is 0.250. The predicted molar refractivity (Wildman–Crippen MR) is 85.6 cm³/mol. The monoisotopic (exact) mass is 308 g/mol. The summed E-state index contributed by atoms with van der Waals surface area (Å²) < 4.78 is 0. The fraction of sp³-hybridized carbons (Fsp3) is 0.800. The highest BCUT2D eigenvalue weighted by molar-refractivity contribution is 7.80. The van der Waals surface area contributed by atoms with Crippen LogP contribution in [0.4, 0.5) is 0 Å². The quantitative estimate of drug-likeness (QED) is 0.801. The number of thiocarbonyl (C=S) groups is 1. The highest BCUT2D eigenvalue weighted by atomic mass is 32.1. The Labute approximate surface area is 132 Å². The van der Waals surface area contributed by atoms with E-state index < -0.39 is 0 Å². The van der Waals surface area contributed by atoms with E-state index in [0.717, 1.165) is 58.4 Å². The third kappa shape index (κ3) is 4.94. The minimum atomic E-state index is 0.103. The first-order chi connectivity index (χ1) is 10.2. The lowest BCUT2D eigenvalue weighted by Crippen LogP contribution is -2.53. The van der Waals surface area contributed by atoms with Crippen molar-refractivity contribution in [3.63, 3.8) is 0 Å². The molecule has 1 saturated heterocycles. The van der Waals surface area contributed by atoms with Crippen LogP contribution >= 0.6 is 12.2 Å².